The second-order valence-corrected chi connectivity index (χ2v) is 4.58. The van der Waals surface area contributed by atoms with Gasteiger partial charge in [0.15, 0.2) is 0 Å². The highest BCUT2D eigenvalue weighted by molar-refractivity contribution is 5.85. The predicted octanol–water partition coefficient (Wildman–Crippen LogP) is 3.75. The van der Waals surface area contributed by atoms with Crippen LogP contribution in [0.15, 0.2) is 48.5 Å². The van der Waals surface area contributed by atoms with Gasteiger partial charge in [0.1, 0.15) is 18.1 Å². The molecule has 3 nitrogen and oxygen atoms in total. The molecule has 0 saturated heterocycles. The van der Waals surface area contributed by atoms with E-state index in [1.165, 1.54) is 6.07 Å². The highest BCUT2D eigenvalue weighted by Gasteiger charge is 2.11. The number of halogens is 2. The number of phenolic OH excluding ortho intramolecular Hbond substituents is 1. The molecule has 0 saturated carbocycles. The topological polar surface area (TPSA) is 55.5 Å². The number of nitrogens with two attached hydrogens (primary N) is 1. The van der Waals surface area contributed by atoms with E-state index in [2.05, 4.69) is 0 Å². The van der Waals surface area contributed by atoms with Gasteiger partial charge in [-0.3, -0.25) is 4.39 Å². The zero-order valence-corrected chi connectivity index (χ0v) is 12.4. The second kappa shape index (κ2) is 8.49. The Morgan fingerprint density at radius 2 is 1.86 bits per heavy atom. The van der Waals surface area contributed by atoms with Gasteiger partial charge in [-0.15, -0.1) is 12.4 Å². The summed E-state index contributed by atoms with van der Waals surface area (Å²) in [7, 11) is 0. The summed E-state index contributed by atoms with van der Waals surface area (Å²) in [6.07, 6.45) is 0.192. The van der Waals surface area contributed by atoms with Gasteiger partial charge in [-0.2, -0.15) is 0 Å². The van der Waals surface area contributed by atoms with Crippen LogP contribution in [0.1, 0.15) is 23.6 Å². The van der Waals surface area contributed by atoms with Crippen molar-refractivity contribution in [1.29, 1.82) is 0 Å². The summed E-state index contributed by atoms with van der Waals surface area (Å²) < 4.78 is 17.9. The molecule has 0 aliphatic carbocycles. The van der Waals surface area contributed by atoms with Crippen LogP contribution in [0.2, 0.25) is 0 Å². The van der Waals surface area contributed by atoms with Gasteiger partial charge in [0.2, 0.25) is 0 Å². The average Bonchev–Trinajstić information content (AvgIpc) is 2.46. The van der Waals surface area contributed by atoms with E-state index < -0.39 is 12.7 Å². The second-order valence-electron chi connectivity index (χ2n) is 4.58. The highest BCUT2D eigenvalue weighted by atomic mass is 35.5. The molecule has 0 fully saturated rings. The van der Waals surface area contributed by atoms with Gasteiger partial charge in [-0.25, -0.2) is 0 Å². The van der Waals surface area contributed by atoms with Crippen LogP contribution in [0.5, 0.6) is 11.5 Å². The smallest absolute Gasteiger partial charge is 0.124 e. The summed E-state index contributed by atoms with van der Waals surface area (Å²) in [5.41, 5.74) is 7.36. The Morgan fingerprint density at radius 3 is 2.48 bits per heavy atom. The standard InChI is InChI=1S/C16H18FNO2.ClH/c17-9-8-15(18)14-7-6-13(10-16(14)19)20-11-12-4-2-1-3-5-12;/h1-7,10,15,19H,8-9,11,18H2;1H/t15-;/m1./s1. The molecular weight excluding hydrogens is 293 g/mol. The number of benzene rings is 2. The minimum atomic E-state index is -0.507. The lowest BCUT2D eigenvalue weighted by Gasteiger charge is -2.13. The molecule has 0 bridgehead atoms. The molecule has 0 unspecified atom stereocenters. The zero-order chi connectivity index (χ0) is 14.4. The average molecular weight is 312 g/mol. The Kier molecular flexibility index (Phi) is 6.99. The van der Waals surface area contributed by atoms with Gasteiger partial charge in [0, 0.05) is 17.7 Å². The number of alkyl halides is 1. The lowest BCUT2D eigenvalue weighted by Crippen LogP contribution is -2.11. The largest absolute Gasteiger partial charge is 0.507 e. The number of rotatable bonds is 6. The van der Waals surface area contributed by atoms with Gasteiger partial charge < -0.3 is 15.6 Å². The number of ether oxygens (including phenoxy) is 1. The van der Waals surface area contributed by atoms with Crippen LogP contribution in [0, 0.1) is 0 Å². The first-order valence-corrected chi connectivity index (χ1v) is 6.52. The molecule has 0 aliphatic rings. The maximum absolute atomic E-state index is 12.3. The van der Waals surface area contributed by atoms with Crippen molar-refractivity contribution in [2.75, 3.05) is 6.67 Å². The summed E-state index contributed by atoms with van der Waals surface area (Å²) in [4.78, 5) is 0. The minimum Gasteiger partial charge on any atom is -0.507 e. The zero-order valence-electron chi connectivity index (χ0n) is 11.5. The quantitative estimate of drug-likeness (QED) is 0.854. The van der Waals surface area contributed by atoms with Crippen LogP contribution in [0.4, 0.5) is 4.39 Å². The van der Waals surface area contributed by atoms with Crippen molar-refractivity contribution in [1.82, 2.24) is 0 Å². The summed E-state index contributed by atoms with van der Waals surface area (Å²) in [6, 6.07) is 14.2. The number of hydrogen-bond acceptors (Lipinski definition) is 3. The van der Waals surface area contributed by atoms with E-state index in [1.54, 1.807) is 12.1 Å². The maximum Gasteiger partial charge on any atom is 0.124 e. The van der Waals surface area contributed by atoms with Crippen molar-refractivity contribution in [2.45, 2.75) is 19.1 Å². The van der Waals surface area contributed by atoms with Gasteiger partial charge in [0.05, 0.1) is 6.67 Å². The van der Waals surface area contributed by atoms with E-state index in [-0.39, 0.29) is 24.6 Å². The molecule has 3 N–H and O–H groups in total. The minimum absolute atomic E-state index is 0. The third-order valence-electron chi connectivity index (χ3n) is 3.07. The first-order valence-electron chi connectivity index (χ1n) is 6.52. The van der Waals surface area contributed by atoms with Crippen LogP contribution in [-0.4, -0.2) is 11.8 Å². The normalized spacial score (nSPS) is 11.5. The maximum atomic E-state index is 12.3. The van der Waals surface area contributed by atoms with Crippen molar-refractivity contribution in [3.05, 3.63) is 59.7 Å². The van der Waals surface area contributed by atoms with Crippen LogP contribution in [-0.2, 0) is 6.61 Å². The summed E-state index contributed by atoms with van der Waals surface area (Å²) in [6.45, 7) is -0.0803. The lowest BCUT2D eigenvalue weighted by atomic mass is 10.0. The third kappa shape index (κ3) is 4.92. The molecule has 114 valence electrons. The lowest BCUT2D eigenvalue weighted by molar-refractivity contribution is 0.304. The Hall–Kier alpha value is -1.78. The van der Waals surface area contributed by atoms with Crippen LogP contribution in [0.3, 0.4) is 0 Å². The molecule has 0 radical (unpaired) electrons. The van der Waals surface area contributed by atoms with E-state index in [0.717, 1.165) is 5.56 Å². The summed E-state index contributed by atoms with van der Waals surface area (Å²) in [5.74, 6) is 0.596. The third-order valence-corrected chi connectivity index (χ3v) is 3.07. The van der Waals surface area contributed by atoms with Crippen LogP contribution >= 0.6 is 12.4 Å². The fourth-order valence-corrected chi connectivity index (χ4v) is 1.94. The van der Waals surface area contributed by atoms with Crippen LogP contribution < -0.4 is 10.5 Å². The van der Waals surface area contributed by atoms with E-state index in [1.807, 2.05) is 30.3 Å². The van der Waals surface area contributed by atoms with E-state index in [4.69, 9.17) is 10.5 Å². The number of hydrogen-bond donors (Lipinski definition) is 2. The molecule has 0 aromatic heterocycles. The molecule has 21 heavy (non-hydrogen) atoms. The van der Waals surface area contributed by atoms with E-state index in [9.17, 15) is 9.50 Å². The van der Waals surface area contributed by atoms with Crippen molar-refractivity contribution >= 4 is 12.4 Å². The fraction of sp³-hybridized carbons (Fsp3) is 0.250. The SMILES string of the molecule is Cl.N[C@H](CCF)c1ccc(OCc2ccccc2)cc1O. The Balaban J connectivity index is 0.00000220. The van der Waals surface area contributed by atoms with Crippen molar-refractivity contribution < 1.29 is 14.2 Å². The van der Waals surface area contributed by atoms with Gasteiger partial charge >= 0.3 is 0 Å². The monoisotopic (exact) mass is 311 g/mol. The van der Waals surface area contributed by atoms with Crippen molar-refractivity contribution in [3.8, 4) is 11.5 Å². The fourth-order valence-electron chi connectivity index (χ4n) is 1.94. The molecule has 1 atom stereocenters. The molecule has 0 amide bonds. The molecule has 0 spiro atoms. The van der Waals surface area contributed by atoms with Crippen LogP contribution in [0.25, 0.3) is 0 Å². The molecule has 5 heteroatoms. The van der Waals surface area contributed by atoms with Gasteiger partial charge in [-0.1, -0.05) is 36.4 Å². The number of phenols is 1. The van der Waals surface area contributed by atoms with Gasteiger partial charge in [0.25, 0.3) is 0 Å². The first kappa shape index (κ1) is 17.3. The molecule has 2 aromatic carbocycles. The Bertz CT molecular complexity index is 551. The number of aromatic hydroxyl groups is 1. The predicted molar refractivity (Wildman–Crippen MR) is 83.6 cm³/mol. The van der Waals surface area contributed by atoms with Crippen molar-refractivity contribution in [3.63, 3.8) is 0 Å². The summed E-state index contributed by atoms with van der Waals surface area (Å²) in [5, 5.41) is 9.90. The molecular formula is C16H19ClFNO2. The molecule has 0 aliphatic heterocycles. The van der Waals surface area contributed by atoms with E-state index in [0.29, 0.717) is 17.9 Å². The molecule has 2 rings (SSSR count). The first-order chi connectivity index (χ1) is 9.70. The molecule has 0 heterocycles. The Morgan fingerprint density at radius 1 is 1.14 bits per heavy atom. The highest BCUT2D eigenvalue weighted by Crippen LogP contribution is 2.29. The summed E-state index contributed by atoms with van der Waals surface area (Å²) >= 11 is 0. The van der Waals surface area contributed by atoms with Crippen molar-refractivity contribution in [2.24, 2.45) is 5.73 Å². The van der Waals surface area contributed by atoms with Gasteiger partial charge in [-0.05, 0) is 18.1 Å². The Labute approximate surface area is 130 Å². The molecule has 2 aromatic rings. The van der Waals surface area contributed by atoms with E-state index >= 15 is 0 Å².